The van der Waals surface area contributed by atoms with Gasteiger partial charge in [-0.1, -0.05) is 18.2 Å². The van der Waals surface area contributed by atoms with E-state index in [9.17, 15) is 9.90 Å². The molecule has 0 radical (unpaired) electrons. The van der Waals surface area contributed by atoms with Gasteiger partial charge in [0.15, 0.2) is 0 Å². The molecule has 6 heteroatoms. The number of hydrogen-bond acceptors (Lipinski definition) is 5. The summed E-state index contributed by atoms with van der Waals surface area (Å²) in [4.78, 5) is 22.1. The van der Waals surface area contributed by atoms with E-state index in [2.05, 4.69) is 18.7 Å². The number of rotatable bonds is 5. The average molecular weight is 412 g/mol. The molecule has 3 heterocycles. The summed E-state index contributed by atoms with van der Waals surface area (Å²) in [6.45, 7) is 8.13. The van der Waals surface area contributed by atoms with E-state index in [1.54, 1.807) is 0 Å². The lowest BCUT2D eigenvalue weighted by Crippen LogP contribution is -2.41. The van der Waals surface area contributed by atoms with Crippen LogP contribution in [0.5, 0.6) is 5.75 Å². The summed E-state index contributed by atoms with van der Waals surface area (Å²) in [6, 6.07) is 10.3. The zero-order valence-electron chi connectivity index (χ0n) is 18.1. The minimum atomic E-state index is -0.0339. The summed E-state index contributed by atoms with van der Waals surface area (Å²) in [5.41, 5.74) is 1.23. The maximum Gasteiger partial charge on any atom is 0.272 e. The van der Waals surface area contributed by atoms with E-state index in [0.717, 1.165) is 55.4 Å². The summed E-state index contributed by atoms with van der Waals surface area (Å²) >= 11 is 0. The summed E-state index contributed by atoms with van der Waals surface area (Å²) < 4.78 is 6.36. The number of ether oxygens (including phenoxy) is 1. The number of amides is 1. The molecule has 1 N–H and O–H groups in total. The number of nitrogens with zero attached hydrogens (tertiary/aromatic N) is 3. The maximum atomic E-state index is 13.0. The van der Waals surface area contributed by atoms with Gasteiger partial charge in [0, 0.05) is 44.2 Å². The molecule has 0 aliphatic carbocycles. The van der Waals surface area contributed by atoms with E-state index in [4.69, 9.17) is 9.72 Å². The van der Waals surface area contributed by atoms with Gasteiger partial charge in [-0.05, 0) is 57.6 Å². The number of benzene rings is 1. The molecule has 2 saturated heterocycles. The molecule has 30 heavy (non-hydrogen) atoms. The maximum absolute atomic E-state index is 13.0. The number of piperidine rings is 2. The fraction of sp³-hybridized carbons (Fsp3) is 0.583. The molecule has 0 bridgehead atoms. The van der Waals surface area contributed by atoms with Crippen LogP contribution in [0.4, 0.5) is 0 Å². The lowest BCUT2D eigenvalue weighted by atomic mass is 9.97. The first kappa shape index (κ1) is 21.1. The van der Waals surface area contributed by atoms with Gasteiger partial charge in [-0.3, -0.25) is 4.79 Å². The van der Waals surface area contributed by atoms with E-state index in [0.29, 0.717) is 30.7 Å². The number of aliphatic hydroxyl groups excluding tert-OH is 1. The first-order chi connectivity index (χ1) is 14.5. The number of pyridine rings is 1. The normalized spacial score (nSPS) is 19.5. The van der Waals surface area contributed by atoms with Gasteiger partial charge >= 0.3 is 0 Å². The molecule has 162 valence electrons. The Kier molecular flexibility index (Phi) is 6.54. The highest BCUT2D eigenvalue weighted by Crippen LogP contribution is 2.28. The summed E-state index contributed by atoms with van der Waals surface area (Å²) in [5, 5.41) is 10.3. The van der Waals surface area contributed by atoms with Crippen molar-refractivity contribution in [2.45, 2.75) is 51.7 Å². The van der Waals surface area contributed by atoms with Crippen LogP contribution in [0.2, 0.25) is 0 Å². The molecule has 1 aromatic carbocycles. The predicted octanol–water partition coefficient (Wildman–Crippen LogP) is 3.33. The second-order valence-corrected chi connectivity index (χ2v) is 8.89. The number of aromatic nitrogens is 1. The van der Waals surface area contributed by atoms with Crippen molar-refractivity contribution in [2.24, 2.45) is 5.92 Å². The number of carbonyl (C=O) groups excluding carboxylic acids is 1. The summed E-state index contributed by atoms with van der Waals surface area (Å²) in [7, 11) is 0. The lowest BCUT2D eigenvalue weighted by molar-refractivity contribution is 0.0645. The summed E-state index contributed by atoms with van der Waals surface area (Å²) in [5.74, 6) is 1.04. The van der Waals surface area contributed by atoms with Crippen molar-refractivity contribution >= 4 is 16.8 Å². The Morgan fingerprint density at radius 3 is 2.50 bits per heavy atom. The average Bonchev–Trinajstić information content (AvgIpc) is 2.79. The highest BCUT2D eigenvalue weighted by atomic mass is 16.5. The quantitative estimate of drug-likeness (QED) is 0.818. The van der Waals surface area contributed by atoms with E-state index in [-0.39, 0.29) is 18.6 Å². The van der Waals surface area contributed by atoms with E-state index < -0.39 is 0 Å². The third-order valence-corrected chi connectivity index (χ3v) is 6.56. The van der Waals surface area contributed by atoms with Crippen LogP contribution in [0.25, 0.3) is 10.9 Å². The van der Waals surface area contributed by atoms with Crippen molar-refractivity contribution in [2.75, 3.05) is 32.8 Å². The first-order valence-electron chi connectivity index (χ1n) is 11.3. The van der Waals surface area contributed by atoms with E-state index in [1.165, 1.54) is 0 Å². The number of aliphatic hydroxyl groups is 1. The molecule has 4 rings (SSSR count). The van der Waals surface area contributed by atoms with Gasteiger partial charge in [-0.15, -0.1) is 0 Å². The molecule has 2 aliphatic rings. The van der Waals surface area contributed by atoms with Gasteiger partial charge in [-0.25, -0.2) is 4.98 Å². The van der Waals surface area contributed by atoms with Crippen LogP contribution in [0.1, 0.15) is 50.0 Å². The van der Waals surface area contributed by atoms with Gasteiger partial charge in [-0.2, -0.15) is 0 Å². The van der Waals surface area contributed by atoms with Crippen molar-refractivity contribution < 1.29 is 14.6 Å². The zero-order valence-corrected chi connectivity index (χ0v) is 18.1. The zero-order chi connectivity index (χ0) is 21.1. The van der Waals surface area contributed by atoms with Crippen molar-refractivity contribution in [3.05, 3.63) is 36.0 Å². The smallest absolute Gasteiger partial charge is 0.272 e. The van der Waals surface area contributed by atoms with Crippen molar-refractivity contribution in [3.63, 3.8) is 0 Å². The molecule has 1 amide bonds. The molecule has 6 nitrogen and oxygen atoms in total. The van der Waals surface area contributed by atoms with Gasteiger partial charge in [0.2, 0.25) is 0 Å². The van der Waals surface area contributed by atoms with Gasteiger partial charge in [0.1, 0.15) is 23.1 Å². The first-order valence-corrected chi connectivity index (χ1v) is 11.3. The Morgan fingerprint density at radius 2 is 1.83 bits per heavy atom. The fourth-order valence-electron chi connectivity index (χ4n) is 4.50. The number of fused-ring (bicyclic) bond motifs is 1. The molecule has 2 aliphatic heterocycles. The van der Waals surface area contributed by atoms with Crippen molar-refractivity contribution in [3.8, 4) is 5.75 Å². The third kappa shape index (κ3) is 4.60. The molecule has 2 aromatic rings. The molecule has 0 spiro atoms. The summed E-state index contributed by atoms with van der Waals surface area (Å²) in [6.07, 6.45) is 3.89. The standard InChI is InChI=1S/C24H33N3O3/c1-17(2)26-14-10-20(11-15-26)30-22-5-3-4-19-6-7-21(25-23(19)22)24(29)27-12-8-18(16-28)9-13-27/h3-7,17-18,20,28H,8-16H2,1-2H3. The predicted molar refractivity (Wildman–Crippen MR) is 118 cm³/mol. The van der Waals surface area contributed by atoms with Crippen LogP contribution in [-0.4, -0.2) is 70.7 Å². The molecule has 1 aromatic heterocycles. The lowest BCUT2D eigenvalue weighted by Gasteiger charge is -2.34. The molecule has 2 fully saturated rings. The minimum Gasteiger partial charge on any atom is -0.488 e. The third-order valence-electron chi connectivity index (χ3n) is 6.56. The van der Waals surface area contributed by atoms with Gasteiger partial charge < -0.3 is 19.6 Å². The van der Waals surface area contributed by atoms with Gasteiger partial charge in [0.25, 0.3) is 5.91 Å². The van der Waals surface area contributed by atoms with Crippen molar-refractivity contribution in [1.82, 2.24) is 14.8 Å². The molecular formula is C24H33N3O3. The van der Waals surface area contributed by atoms with E-state index >= 15 is 0 Å². The highest BCUT2D eigenvalue weighted by molar-refractivity contribution is 5.96. The molecule has 0 saturated carbocycles. The topological polar surface area (TPSA) is 65.9 Å². The monoisotopic (exact) mass is 411 g/mol. The van der Waals surface area contributed by atoms with Crippen LogP contribution < -0.4 is 4.74 Å². The second-order valence-electron chi connectivity index (χ2n) is 8.89. The fourth-order valence-corrected chi connectivity index (χ4v) is 4.50. The van der Waals surface area contributed by atoms with Crippen LogP contribution in [-0.2, 0) is 0 Å². The number of para-hydroxylation sites is 1. The Labute approximate surface area is 178 Å². The Balaban J connectivity index is 1.49. The molecular weight excluding hydrogens is 378 g/mol. The second kappa shape index (κ2) is 9.31. The Hall–Kier alpha value is -2.18. The van der Waals surface area contributed by atoms with Gasteiger partial charge in [0.05, 0.1) is 0 Å². The largest absolute Gasteiger partial charge is 0.488 e. The number of likely N-dealkylation sites (tertiary alicyclic amines) is 2. The highest BCUT2D eigenvalue weighted by Gasteiger charge is 2.25. The number of carbonyl (C=O) groups is 1. The molecule has 0 unspecified atom stereocenters. The van der Waals surface area contributed by atoms with Crippen molar-refractivity contribution in [1.29, 1.82) is 0 Å². The SMILES string of the molecule is CC(C)N1CCC(Oc2cccc3ccc(C(=O)N4CCC(CO)CC4)nc23)CC1. The van der Waals surface area contributed by atoms with Crippen LogP contribution in [0, 0.1) is 5.92 Å². The Morgan fingerprint density at radius 1 is 1.10 bits per heavy atom. The Bertz CT molecular complexity index is 869. The minimum absolute atomic E-state index is 0.0339. The molecule has 0 atom stereocenters. The number of hydrogen-bond donors (Lipinski definition) is 1. The van der Waals surface area contributed by atoms with E-state index in [1.807, 2.05) is 35.2 Å². The van der Waals surface area contributed by atoms with Crippen LogP contribution in [0.15, 0.2) is 30.3 Å². The van der Waals surface area contributed by atoms with Crippen LogP contribution >= 0.6 is 0 Å². The van der Waals surface area contributed by atoms with Crippen LogP contribution in [0.3, 0.4) is 0 Å².